The molecule has 0 saturated heterocycles. The predicted octanol–water partition coefficient (Wildman–Crippen LogP) is 1.08. The Morgan fingerprint density at radius 2 is 1.39 bits per heavy atom. The standard InChI is InChI=1S/C14H10O4/c15-8-3-7-1-2-10-11(14(7)13(18)6-8)4-9(16)5-12(10)17/h1-2H,3-6H2. The van der Waals surface area contributed by atoms with Gasteiger partial charge in [0, 0.05) is 24.0 Å². The lowest BCUT2D eigenvalue weighted by Crippen LogP contribution is -2.27. The van der Waals surface area contributed by atoms with Gasteiger partial charge in [0.25, 0.3) is 0 Å². The molecule has 1 aromatic rings. The van der Waals surface area contributed by atoms with Gasteiger partial charge in [-0.05, 0) is 11.1 Å². The number of ketones is 4. The topological polar surface area (TPSA) is 68.3 Å². The van der Waals surface area contributed by atoms with Gasteiger partial charge in [-0.15, -0.1) is 0 Å². The number of carbonyl (C=O) groups is 4. The van der Waals surface area contributed by atoms with Gasteiger partial charge < -0.3 is 0 Å². The number of fused-ring (bicyclic) bond motifs is 3. The Morgan fingerprint density at radius 1 is 0.722 bits per heavy atom. The van der Waals surface area contributed by atoms with Crippen molar-refractivity contribution in [2.24, 2.45) is 0 Å². The second-order valence-corrected chi connectivity index (χ2v) is 4.76. The molecule has 1 aromatic carbocycles. The second-order valence-electron chi connectivity index (χ2n) is 4.76. The Bertz CT molecular complexity index is 625. The molecule has 0 aliphatic heterocycles. The molecule has 0 bridgehead atoms. The van der Waals surface area contributed by atoms with E-state index in [1.54, 1.807) is 12.1 Å². The van der Waals surface area contributed by atoms with E-state index in [0.29, 0.717) is 22.3 Å². The molecule has 0 aromatic heterocycles. The summed E-state index contributed by atoms with van der Waals surface area (Å²) >= 11 is 0. The van der Waals surface area contributed by atoms with Gasteiger partial charge in [0.1, 0.15) is 11.6 Å². The summed E-state index contributed by atoms with van der Waals surface area (Å²) in [5.74, 6) is -0.763. The van der Waals surface area contributed by atoms with Crippen molar-refractivity contribution in [1.29, 1.82) is 0 Å². The van der Waals surface area contributed by atoms with Gasteiger partial charge in [0.2, 0.25) is 0 Å². The fourth-order valence-electron chi connectivity index (χ4n) is 2.71. The summed E-state index contributed by atoms with van der Waals surface area (Å²) < 4.78 is 0. The molecule has 3 rings (SSSR count). The van der Waals surface area contributed by atoms with Gasteiger partial charge in [-0.3, -0.25) is 19.2 Å². The van der Waals surface area contributed by atoms with E-state index in [-0.39, 0.29) is 48.8 Å². The zero-order chi connectivity index (χ0) is 12.9. The highest BCUT2D eigenvalue weighted by Crippen LogP contribution is 2.29. The number of hydrogen-bond donors (Lipinski definition) is 0. The van der Waals surface area contributed by atoms with E-state index in [1.807, 2.05) is 0 Å². The quantitative estimate of drug-likeness (QED) is 0.638. The lowest BCUT2D eigenvalue weighted by molar-refractivity contribution is -0.118. The van der Waals surface area contributed by atoms with Crippen LogP contribution in [0.4, 0.5) is 0 Å². The molecular weight excluding hydrogens is 232 g/mol. The number of hydrogen-bond acceptors (Lipinski definition) is 4. The van der Waals surface area contributed by atoms with Crippen molar-refractivity contribution in [3.63, 3.8) is 0 Å². The fourth-order valence-corrected chi connectivity index (χ4v) is 2.71. The maximum absolute atomic E-state index is 11.9. The summed E-state index contributed by atoms with van der Waals surface area (Å²) in [7, 11) is 0. The number of carbonyl (C=O) groups excluding carboxylic acids is 4. The molecule has 2 aliphatic rings. The molecule has 4 heteroatoms. The Kier molecular flexibility index (Phi) is 2.26. The fraction of sp³-hybridized carbons (Fsp3) is 0.286. The summed E-state index contributed by atoms with van der Waals surface area (Å²) in [5.41, 5.74) is 2.09. The van der Waals surface area contributed by atoms with Crippen LogP contribution in [0.25, 0.3) is 0 Å². The van der Waals surface area contributed by atoms with E-state index in [2.05, 4.69) is 0 Å². The predicted molar refractivity (Wildman–Crippen MR) is 61.8 cm³/mol. The van der Waals surface area contributed by atoms with Crippen LogP contribution in [-0.2, 0) is 22.4 Å². The van der Waals surface area contributed by atoms with Crippen molar-refractivity contribution >= 4 is 23.1 Å². The largest absolute Gasteiger partial charge is 0.299 e. The van der Waals surface area contributed by atoms with Crippen LogP contribution < -0.4 is 0 Å². The lowest BCUT2D eigenvalue weighted by atomic mass is 9.79. The highest BCUT2D eigenvalue weighted by Gasteiger charge is 2.32. The molecule has 0 atom stereocenters. The van der Waals surface area contributed by atoms with Gasteiger partial charge in [-0.25, -0.2) is 0 Å². The molecule has 0 N–H and O–H groups in total. The molecule has 0 heterocycles. The summed E-state index contributed by atoms with van der Waals surface area (Å²) in [4.78, 5) is 46.6. The Labute approximate surface area is 103 Å². The summed E-state index contributed by atoms with van der Waals surface area (Å²) in [6, 6.07) is 3.30. The molecule has 18 heavy (non-hydrogen) atoms. The van der Waals surface area contributed by atoms with Crippen LogP contribution in [0.15, 0.2) is 12.1 Å². The summed E-state index contributed by atoms with van der Waals surface area (Å²) in [5, 5.41) is 0. The minimum Gasteiger partial charge on any atom is -0.299 e. The van der Waals surface area contributed by atoms with Gasteiger partial charge in [-0.2, -0.15) is 0 Å². The third-order valence-corrected chi connectivity index (χ3v) is 3.46. The van der Waals surface area contributed by atoms with E-state index < -0.39 is 0 Å². The first-order chi connectivity index (χ1) is 8.56. The number of Topliss-reactive ketones (excluding diaryl/α,β-unsaturated/α-hetero) is 4. The minimum absolute atomic E-state index is 0.0844. The maximum atomic E-state index is 11.9. The Hall–Kier alpha value is -2.10. The minimum atomic E-state index is -0.263. The number of rotatable bonds is 0. The third-order valence-electron chi connectivity index (χ3n) is 3.46. The molecule has 0 amide bonds. The molecule has 2 aliphatic carbocycles. The average molecular weight is 242 g/mol. The summed E-state index contributed by atoms with van der Waals surface area (Å²) in [6.45, 7) is 0. The third kappa shape index (κ3) is 1.53. The van der Waals surface area contributed by atoms with Crippen LogP contribution in [0.2, 0.25) is 0 Å². The summed E-state index contributed by atoms with van der Waals surface area (Å²) in [6.07, 6.45) is 0.144. The van der Waals surface area contributed by atoms with Crippen molar-refractivity contribution < 1.29 is 19.2 Å². The first-order valence-electron chi connectivity index (χ1n) is 5.81. The molecule has 0 saturated carbocycles. The Balaban J connectivity index is 2.25. The maximum Gasteiger partial charge on any atom is 0.170 e. The normalized spacial score (nSPS) is 18.7. The molecular formula is C14H10O4. The molecule has 4 nitrogen and oxygen atoms in total. The van der Waals surface area contributed by atoms with Crippen LogP contribution in [0.5, 0.6) is 0 Å². The van der Waals surface area contributed by atoms with Gasteiger partial charge in [-0.1, -0.05) is 12.1 Å². The zero-order valence-corrected chi connectivity index (χ0v) is 9.62. The lowest BCUT2D eigenvalue weighted by Gasteiger charge is -2.22. The van der Waals surface area contributed by atoms with Crippen LogP contribution in [0, 0.1) is 0 Å². The Morgan fingerprint density at radius 3 is 2.17 bits per heavy atom. The van der Waals surface area contributed by atoms with Gasteiger partial charge in [0.15, 0.2) is 11.6 Å². The van der Waals surface area contributed by atoms with Gasteiger partial charge >= 0.3 is 0 Å². The first kappa shape index (κ1) is 11.0. The van der Waals surface area contributed by atoms with Crippen molar-refractivity contribution in [3.8, 4) is 0 Å². The molecule has 90 valence electrons. The van der Waals surface area contributed by atoms with Gasteiger partial charge in [0.05, 0.1) is 12.8 Å². The van der Waals surface area contributed by atoms with Crippen molar-refractivity contribution in [2.45, 2.75) is 25.7 Å². The van der Waals surface area contributed by atoms with E-state index >= 15 is 0 Å². The van der Waals surface area contributed by atoms with Crippen molar-refractivity contribution in [1.82, 2.24) is 0 Å². The van der Waals surface area contributed by atoms with E-state index in [9.17, 15) is 19.2 Å². The monoisotopic (exact) mass is 242 g/mol. The first-order valence-corrected chi connectivity index (χ1v) is 5.81. The molecule has 0 spiro atoms. The zero-order valence-electron chi connectivity index (χ0n) is 9.62. The molecule has 0 unspecified atom stereocenters. The van der Waals surface area contributed by atoms with E-state index in [4.69, 9.17) is 0 Å². The van der Waals surface area contributed by atoms with Crippen LogP contribution in [0.3, 0.4) is 0 Å². The smallest absolute Gasteiger partial charge is 0.170 e. The van der Waals surface area contributed by atoms with E-state index in [1.165, 1.54) is 0 Å². The SMILES string of the molecule is O=C1CC(=O)c2c(ccc3c2CC(=O)CC3=O)C1. The molecule has 0 radical (unpaired) electrons. The van der Waals surface area contributed by atoms with Crippen molar-refractivity contribution in [3.05, 3.63) is 34.4 Å². The van der Waals surface area contributed by atoms with E-state index in [0.717, 1.165) is 0 Å². The second kappa shape index (κ2) is 3.70. The molecule has 0 fully saturated rings. The highest BCUT2D eigenvalue weighted by atomic mass is 16.2. The van der Waals surface area contributed by atoms with Crippen LogP contribution in [0.1, 0.15) is 44.7 Å². The highest BCUT2D eigenvalue weighted by molar-refractivity contribution is 6.18. The van der Waals surface area contributed by atoms with Crippen LogP contribution >= 0.6 is 0 Å². The average Bonchev–Trinajstić information content (AvgIpc) is 2.26. The van der Waals surface area contributed by atoms with Crippen molar-refractivity contribution in [2.75, 3.05) is 0 Å². The van der Waals surface area contributed by atoms with Crippen LogP contribution in [-0.4, -0.2) is 23.1 Å². The number of benzene rings is 1.